The Morgan fingerprint density at radius 3 is 2.06 bits per heavy atom. The topological polar surface area (TPSA) is 49.9 Å². The van der Waals surface area contributed by atoms with E-state index in [-0.39, 0.29) is 6.17 Å². The molecule has 1 aliphatic heterocycles. The predicted molar refractivity (Wildman–Crippen MR) is 204 cm³/mol. The first-order valence-corrected chi connectivity index (χ1v) is 16.6. The van der Waals surface area contributed by atoms with Crippen molar-refractivity contribution in [3.8, 4) is 11.1 Å². The molecular formula is C45H29N3O. The van der Waals surface area contributed by atoms with Crippen molar-refractivity contribution >= 4 is 65.9 Å². The van der Waals surface area contributed by atoms with Gasteiger partial charge in [-0.2, -0.15) is 0 Å². The first-order chi connectivity index (χ1) is 24.2. The van der Waals surface area contributed by atoms with Gasteiger partial charge in [0.2, 0.25) is 0 Å². The Hall–Kier alpha value is -6.52. The highest BCUT2D eigenvalue weighted by Gasteiger charge is 2.24. The van der Waals surface area contributed by atoms with Crippen LogP contribution in [0.4, 0.5) is 0 Å². The summed E-state index contributed by atoms with van der Waals surface area (Å²) in [6, 6.07) is 57.7. The fourth-order valence-corrected chi connectivity index (χ4v) is 7.25. The maximum absolute atomic E-state index is 6.26. The van der Waals surface area contributed by atoms with Crippen LogP contribution in [0.2, 0.25) is 0 Å². The number of para-hydroxylation sites is 1. The monoisotopic (exact) mass is 627 g/mol. The Kier molecular flexibility index (Phi) is 6.21. The van der Waals surface area contributed by atoms with Gasteiger partial charge in [0.1, 0.15) is 23.2 Å². The van der Waals surface area contributed by atoms with E-state index in [9.17, 15) is 0 Å². The molecule has 0 aliphatic carbocycles. The van der Waals surface area contributed by atoms with E-state index in [4.69, 9.17) is 14.4 Å². The molecule has 4 heteroatoms. The van der Waals surface area contributed by atoms with Crippen LogP contribution in [-0.2, 0) is 0 Å². The van der Waals surface area contributed by atoms with Crippen LogP contribution in [0.15, 0.2) is 178 Å². The van der Waals surface area contributed by atoms with Gasteiger partial charge in [0.25, 0.3) is 0 Å². The summed E-state index contributed by atoms with van der Waals surface area (Å²) < 4.78 is 6.26. The lowest BCUT2D eigenvalue weighted by molar-refractivity contribution is 0.668. The Morgan fingerprint density at radius 2 is 1.14 bits per heavy atom. The third kappa shape index (κ3) is 4.68. The molecule has 0 bridgehead atoms. The predicted octanol–water partition coefficient (Wildman–Crippen LogP) is 11.2. The van der Waals surface area contributed by atoms with E-state index in [0.717, 1.165) is 55.6 Å². The summed E-state index contributed by atoms with van der Waals surface area (Å²) in [6.45, 7) is 0. The van der Waals surface area contributed by atoms with Crippen molar-refractivity contribution in [2.45, 2.75) is 6.17 Å². The largest absolute Gasteiger partial charge is 0.456 e. The van der Waals surface area contributed by atoms with E-state index < -0.39 is 0 Å². The van der Waals surface area contributed by atoms with Crippen molar-refractivity contribution < 1.29 is 4.42 Å². The molecule has 8 aromatic carbocycles. The molecule has 0 amide bonds. The lowest BCUT2D eigenvalue weighted by Gasteiger charge is -2.24. The van der Waals surface area contributed by atoms with Crippen molar-refractivity contribution in [3.63, 3.8) is 0 Å². The van der Waals surface area contributed by atoms with Gasteiger partial charge in [-0.05, 0) is 79.3 Å². The average molecular weight is 628 g/mol. The number of amidine groups is 2. The standard InChI is InChI=1S/C45H29N3O/c1-2-11-31-25-35(24-19-28(31)9-1)44-46-43(47-45(48-44)38-16-8-18-41-42(38)37-15-5-6-17-40(37)49-41)34-13-7-12-32(26-34)33-23-22-30-21-20-29-10-3-4-14-36(29)39(30)27-33/h1-27,44H,(H,46,47,48). The van der Waals surface area contributed by atoms with Crippen molar-refractivity contribution in [1.82, 2.24) is 5.32 Å². The highest BCUT2D eigenvalue weighted by Crippen LogP contribution is 2.35. The normalized spacial score (nSPS) is 14.7. The van der Waals surface area contributed by atoms with Crippen LogP contribution in [0.5, 0.6) is 0 Å². The third-order valence-corrected chi connectivity index (χ3v) is 9.69. The highest BCUT2D eigenvalue weighted by molar-refractivity contribution is 6.22. The van der Waals surface area contributed by atoms with E-state index in [1.165, 1.54) is 32.3 Å². The minimum atomic E-state index is -0.337. The zero-order valence-corrected chi connectivity index (χ0v) is 26.5. The van der Waals surface area contributed by atoms with E-state index in [1.54, 1.807) is 0 Å². The van der Waals surface area contributed by atoms with Crippen molar-refractivity contribution in [2.75, 3.05) is 0 Å². The quantitative estimate of drug-likeness (QED) is 0.197. The van der Waals surface area contributed by atoms with Crippen LogP contribution >= 0.6 is 0 Å². The molecule has 1 aromatic heterocycles. The maximum atomic E-state index is 6.26. The second-order valence-electron chi connectivity index (χ2n) is 12.6. The molecule has 9 aromatic rings. The molecule has 0 radical (unpaired) electrons. The third-order valence-electron chi connectivity index (χ3n) is 9.69. The summed E-state index contributed by atoms with van der Waals surface area (Å²) >= 11 is 0. The lowest BCUT2D eigenvalue weighted by Crippen LogP contribution is -2.33. The molecule has 49 heavy (non-hydrogen) atoms. The van der Waals surface area contributed by atoms with Gasteiger partial charge in [-0.3, -0.25) is 0 Å². The molecule has 0 fully saturated rings. The SMILES string of the molecule is c1cc(C2=NC(c3cccc4oc5ccccc5c34)=NC(c3ccc4ccccc4c3)N2)cc(-c2ccc3ccc4ccccc4c3c2)c1. The molecule has 0 saturated carbocycles. The molecule has 4 nitrogen and oxygen atoms in total. The number of rotatable bonds is 4. The van der Waals surface area contributed by atoms with Crippen molar-refractivity contribution in [1.29, 1.82) is 0 Å². The molecule has 1 unspecified atom stereocenters. The lowest BCUT2D eigenvalue weighted by atomic mass is 9.96. The van der Waals surface area contributed by atoms with Crippen LogP contribution in [-0.4, -0.2) is 11.7 Å². The number of fused-ring (bicyclic) bond motifs is 7. The molecular weight excluding hydrogens is 599 g/mol. The second-order valence-corrected chi connectivity index (χ2v) is 12.6. The summed E-state index contributed by atoms with van der Waals surface area (Å²) in [6.07, 6.45) is -0.337. The average Bonchev–Trinajstić information content (AvgIpc) is 3.56. The van der Waals surface area contributed by atoms with Crippen LogP contribution < -0.4 is 5.32 Å². The molecule has 1 atom stereocenters. The first-order valence-electron chi connectivity index (χ1n) is 16.6. The van der Waals surface area contributed by atoms with E-state index in [2.05, 4.69) is 139 Å². The molecule has 1 aliphatic rings. The van der Waals surface area contributed by atoms with Gasteiger partial charge in [0.15, 0.2) is 5.84 Å². The van der Waals surface area contributed by atoms with Gasteiger partial charge in [0, 0.05) is 21.9 Å². The zero-order valence-electron chi connectivity index (χ0n) is 26.5. The minimum Gasteiger partial charge on any atom is -0.456 e. The van der Waals surface area contributed by atoms with E-state index in [1.807, 2.05) is 30.3 Å². The van der Waals surface area contributed by atoms with Crippen molar-refractivity contribution in [2.24, 2.45) is 9.98 Å². The molecule has 230 valence electrons. The molecule has 1 N–H and O–H groups in total. The van der Waals surface area contributed by atoms with E-state index in [0.29, 0.717) is 5.84 Å². The first kappa shape index (κ1) is 27.6. The number of nitrogens with one attached hydrogen (secondary N) is 1. The van der Waals surface area contributed by atoms with Crippen molar-refractivity contribution in [3.05, 3.63) is 180 Å². The summed E-state index contributed by atoms with van der Waals surface area (Å²) in [5, 5.41) is 13.1. The van der Waals surface area contributed by atoms with Gasteiger partial charge >= 0.3 is 0 Å². The van der Waals surface area contributed by atoms with Crippen LogP contribution in [0, 0.1) is 0 Å². The summed E-state index contributed by atoms with van der Waals surface area (Å²) in [4.78, 5) is 10.5. The number of hydrogen-bond acceptors (Lipinski definition) is 4. The number of aliphatic imine (C=N–C) groups is 2. The van der Waals surface area contributed by atoms with E-state index >= 15 is 0 Å². The molecule has 0 saturated heterocycles. The summed E-state index contributed by atoms with van der Waals surface area (Å²) in [5.41, 5.74) is 6.99. The Balaban J connectivity index is 1.13. The van der Waals surface area contributed by atoms with Gasteiger partial charge in [-0.15, -0.1) is 0 Å². The number of hydrogen-bond donors (Lipinski definition) is 1. The van der Waals surface area contributed by atoms with Gasteiger partial charge in [-0.1, -0.05) is 133 Å². The number of nitrogens with zero attached hydrogens (tertiary/aromatic N) is 2. The minimum absolute atomic E-state index is 0.337. The molecule has 2 heterocycles. The fraction of sp³-hybridized carbons (Fsp3) is 0.0222. The Bertz CT molecular complexity index is 2820. The fourth-order valence-electron chi connectivity index (χ4n) is 7.25. The maximum Gasteiger partial charge on any atom is 0.160 e. The van der Waals surface area contributed by atoms with Gasteiger partial charge in [-0.25, -0.2) is 9.98 Å². The van der Waals surface area contributed by atoms with Crippen LogP contribution in [0.1, 0.15) is 22.9 Å². The summed E-state index contributed by atoms with van der Waals surface area (Å²) in [7, 11) is 0. The molecule has 10 rings (SSSR count). The molecule has 0 spiro atoms. The second kappa shape index (κ2) is 11.0. The summed E-state index contributed by atoms with van der Waals surface area (Å²) in [5.74, 6) is 1.45. The zero-order chi connectivity index (χ0) is 32.3. The Labute approximate surface area is 282 Å². The van der Waals surface area contributed by atoms with Gasteiger partial charge < -0.3 is 9.73 Å². The number of benzene rings is 8. The Morgan fingerprint density at radius 1 is 0.469 bits per heavy atom. The van der Waals surface area contributed by atoms with Crippen LogP contribution in [0.25, 0.3) is 65.4 Å². The van der Waals surface area contributed by atoms with Gasteiger partial charge in [0.05, 0.1) is 0 Å². The number of furan rings is 1. The van der Waals surface area contributed by atoms with Crippen LogP contribution in [0.3, 0.4) is 0 Å². The smallest absolute Gasteiger partial charge is 0.160 e. The highest BCUT2D eigenvalue weighted by atomic mass is 16.3.